The number of rotatable bonds is 6. The predicted octanol–water partition coefficient (Wildman–Crippen LogP) is 2.62. The van der Waals surface area contributed by atoms with E-state index in [1.54, 1.807) is 6.20 Å². The quantitative estimate of drug-likeness (QED) is 0.801. The van der Waals surface area contributed by atoms with E-state index in [0.29, 0.717) is 6.61 Å². The minimum Gasteiger partial charge on any atom is -0.492 e. The average molecular weight is 220 g/mol. The van der Waals surface area contributed by atoms with Gasteiger partial charge in [0.05, 0.1) is 12.8 Å². The molecule has 2 N–H and O–H groups in total. The lowest BCUT2D eigenvalue weighted by atomic mass is 10.1. The fraction of sp³-hybridized carbons (Fsp3) is 0.462. The van der Waals surface area contributed by atoms with Crippen LogP contribution in [0.4, 0.5) is 0 Å². The van der Waals surface area contributed by atoms with Crippen LogP contribution in [0.25, 0.3) is 6.08 Å². The smallest absolute Gasteiger partial charge is 0.138 e. The van der Waals surface area contributed by atoms with E-state index in [1.165, 1.54) is 0 Å². The van der Waals surface area contributed by atoms with Crippen molar-refractivity contribution >= 4 is 6.08 Å². The third-order valence-corrected chi connectivity index (χ3v) is 2.32. The lowest BCUT2D eigenvalue weighted by molar-refractivity contribution is 0.339. The molecule has 88 valence electrons. The van der Waals surface area contributed by atoms with Gasteiger partial charge in [-0.3, -0.25) is 4.98 Å². The summed E-state index contributed by atoms with van der Waals surface area (Å²) in [5.74, 6) is 0.810. The first-order chi connectivity index (χ1) is 7.76. The van der Waals surface area contributed by atoms with Crippen LogP contribution in [0.2, 0.25) is 0 Å². The molecular formula is C13H20N2O. The van der Waals surface area contributed by atoms with Crippen LogP contribution in [-0.2, 0) is 0 Å². The summed E-state index contributed by atoms with van der Waals surface area (Å²) in [6, 6.07) is 2.23. The second-order valence-corrected chi connectivity index (χ2v) is 3.69. The summed E-state index contributed by atoms with van der Waals surface area (Å²) in [4.78, 5) is 4.11. The lowest BCUT2D eigenvalue weighted by Gasteiger charge is -2.04. The van der Waals surface area contributed by atoms with Crippen molar-refractivity contribution in [3.8, 4) is 5.75 Å². The van der Waals surface area contributed by atoms with E-state index in [1.807, 2.05) is 25.3 Å². The van der Waals surface area contributed by atoms with Gasteiger partial charge in [-0.05, 0) is 31.4 Å². The Labute approximate surface area is 97.3 Å². The number of pyridine rings is 1. The first-order valence-electron chi connectivity index (χ1n) is 5.76. The standard InChI is InChI=1S/C13H20N2O/c1-3-12(14)7-5-6-11-8-13(16-4-2)10-15-9-11/h5-6,8-10,12H,3-4,7,14H2,1-2H3/b6-5+. The van der Waals surface area contributed by atoms with Crippen molar-refractivity contribution in [1.29, 1.82) is 0 Å². The van der Waals surface area contributed by atoms with E-state index in [4.69, 9.17) is 10.5 Å². The van der Waals surface area contributed by atoms with Crippen LogP contribution in [0.15, 0.2) is 24.5 Å². The molecule has 1 atom stereocenters. The second kappa shape index (κ2) is 7.01. The van der Waals surface area contributed by atoms with E-state index in [0.717, 1.165) is 24.2 Å². The summed E-state index contributed by atoms with van der Waals surface area (Å²) in [6.07, 6.45) is 9.55. The topological polar surface area (TPSA) is 48.1 Å². The Balaban J connectivity index is 2.55. The van der Waals surface area contributed by atoms with Crippen molar-refractivity contribution in [2.75, 3.05) is 6.61 Å². The molecule has 0 bridgehead atoms. The maximum absolute atomic E-state index is 5.82. The number of aromatic nitrogens is 1. The highest BCUT2D eigenvalue weighted by molar-refractivity contribution is 5.49. The van der Waals surface area contributed by atoms with Gasteiger partial charge < -0.3 is 10.5 Å². The Morgan fingerprint density at radius 3 is 2.94 bits per heavy atom. The Morgan fingerprint density at radius 2 is 2.25 bits per heavy atom. The van der Waals surface area contributed by atoms with Crippen LogP contribution in [0.5, 0.6) is 5.75 Å². The van der Waals surface area contributed by atoms with E-state index < -0.39 is 0 Å². The number of hydrogen-bond donors (Lipinski definition) is 1. The van der Waals surface area contributed by atoms with Crippen molar-refractivity contribution in [3.05, 3.63) is 30.1 Å². The normalized spacial score (nSPS) is 12.9. The van der Waals surface area contributed by atoms with Gasteiger partial charge in [0.15, 0.2) is 0 Å². The van der Waals surface area contributed by atoms with Gasteiger partial charge in [-0.15, -0.1) is 0 Å². The highest BCUT2D eigenvalue weighted by Crippen LogP contribution is 2.12. The van der Waals surface area contributed by atoms with Crippen LogP contribution in [-0.4, -0.2) is 17.6 Å². The molecule has 3 heteroatoms. The first-order valence-corrected chi connectivity index (χ1v) is 5.76. The van der Waals surface area contributed by atoms with Crippen molar-refractivity contribution in [3.63, 3.8) is 0 Å². The molecule has 1 aromatic rings. The molecular weight excluding hydrogens is 200 g/mol. The number of hydrogen-bond acceptors (Lipinski definition) is 3. The molecule has 0 aliphatic heterocycles. The zero-order valence-electron chi connectivity index (χ0n) is 10.0. The van der Waals surface area contributed by atoms with E-state index in [-0.39, 0.29) is 6.04 Å². The third-order valence-electron chi connectivity index (χ3n) is 2.32. The average Bonchev–Trinajstić information content (AvgIpc) is 2.30. The zero-order valence-corrected chi connectivity index (χ0v) is 10.0. The van der Waals surface area contributed by atoms with Crippen LogP contribution in [0.1, 0.15) is 32.3 Å². The molecule has 0 radical (unpaired) electrons. The molecule has 0 fully saturated rings. The van der Waals surface area contributed by atoms with Gasteiger partial charge in [-0.1, -0.05) is 19.1 Å². The summed E-state index contributed by atoms with van der Waals surface area (Å²) in [5, 5.41) is 0. The van der Waals surface area contributed by atoms with Crippen LogP contribution < -0.4 is 10.5 Å². The van der Waals surface area contributed by atoms with E-state index in [9.17, 15) is 0 Å². The molecule has 0 spiro atoms. The molecule has 0 saturated carbocycles. The van der Waals surface area contributed by atoms with Gasteiger partial charge in [-0.2, -0.15) is 0 Å². The van der Waals surface area contributed by atoms with Crippen LogP contribution in [0.3, 0.4) is 0 Å². The van der Waals surface area contributed by atoms with E-state index in [2.05, 4.69) is 18.0 Å². The molecule has 16 heavy (non-hydrogen) atoms. The van der Waals surface area contributed by atoms with Gasteiger partial charge >= 0.3 is 0 Å². The first kappa shape index (κ1) is 12.7. The van der Waals surface area contributed by atoms with Gasteiger partial charge in [0.1, 0.15) is 5.75 Å². The van der Waals surface area contributed by atoms with Gasteiger partial charge in [0, 0.05) is 12.2 Å². The molecule has 0 aromatic carbocycles. The zero-order chi connectivity index (χ0) is 11.8. The van der Waals surface area contributed by atoms with Crippen LogP contribution in [0, 0.1) is 0 Å². The molecule has 3 nitrogen and oxygen atoms in total. The van der Waals surface area contributed by atoms with Crippen molar-refractivity contribution in [2.45, 2.75) is 32.7 Å². The minimum atomic E-state index is 0.249. The number of ether oxygens (including phenoxy) is 1. The fourth-order valence-corrected chi connectivity index (χ4v) is 1.32. The van der Waals surface area contributed by atoms with Gasteiger partial charge in [0.25, 0.3) is 0 Å². The Bertz CT molecular complexity index is 336. The van der Waals surface area contributed by atoms with Crippen LogP contribution >= 0.6 is 0 Å². The third kappa shape index (κ3) is 4.45. The largest absolute Gasteiger partial charge is 0.492 e. The lowest BCUT2D eigenvalue weighted by Crippen LogP contribution is -2.16. The van der Waals surface area contributed by atoms with Crippen molar-refractivity contribution in [1.82, 2.24) is 4.98 Å². The van der Waals surface area contributed by atoms with Gasteiger partial charge in [-0.25, -0.2) is 0 Å². The summed E-state index contributed by atoms with van der Waals surface area (Å²) < 4.78 is 5.37. The summed E-state index contributed by atoms with van der Waals surface area (Å²) >= 11 is 0. The summed E-state index contributed by atoms with van der Waals surface area (Å²) in [7, 11) is 0. The molecule has 0 saturated heterocycles. The Morgan fingerprint density at radius 1 is 1.44 bits per heavy atom. The predicted molar refractivity (Wildman–Crippen MR) is 67.3 cm³/mol. The van der Waals surface area contributed by atoms with E-state index >= 15 is 0 Å². The number of nitrogens with two attached hydrogens (primary N) is 1. The Hall–Kier alpha value is -1.35. The maximum atomic E-state index is 5.82. The molecule has 0 amide bonds. The summed E-state index contributed by atoms with van der Waals surface area (Å²) in [5.41, 5.74) is 6.87. The Kier molecular flexibility index (Phi) is 5.57. The minimum absolute atomic E-state index is 0.249. The van der Waals surface area contributed by atoms with Crippen molar-refractivity contribution in [2.24, 2.45) is 5.73 Å². The molecule has 1 aromatic heterocycles. The molecule has 1 heterocycles. The molecule has 0 aliphatic rings. The fourth-order valence-electron chi connectivity index (χ4n) is 1.32. The maximum Gasteiger partial charge on any atom is 0.138 e. The summed E-state index contributed by atoms with van der Waals surface area (Å²) in [6.45, 7) is 4.72. The highest BCUT2D eigenvalue weighted by atomic mass is 16.5. The molecule has 1 unspecified atom stereocenters. The van der Waals surface area contributed by atoms with Crippen molar-refractivity contribution < 1.29 is 4.74 Å². The molecule has 1 rings (SSSR count). The second-order valence-electron chi connectivity index (χ2n) is 3.69. The number of nitrogens with zero attached hydrogens (tertiary/aromatic N) is 1. The molecule has 0 aliphatic carbocycles. The monoisotopic (exact) mass is 220 g/mol. The highest BCUT2D eigenvalue weighted by Gasteiger charge is 1.96. The van der Waals surface area contributed by atoms with Gasteiger partial charge in [0.2, 0.25) is 0 Å². The SMILES string of the molecule is CCOc1cncc(/C=C/CC(N)CC)c1.